The van der Waals surface area contributed by atoms with E-state index in [-0.39, 0.29) is 11.9 Å². The lowest BCUT2D eigenvalue weighted by atomic mass is 9.91. The summed E-state index contributed by atoms with van der Waals surface area (Å²) in [6.07, 6.45) is 6.52. The lowest BCUT2D eigenvalue weighted by Gasteiger charge is -2.43. The van der Waals surface area contributed by atoms with Crippen molar-refractivity contribution in [2.24, 2.45) is 0 Å². The molecular formula is C30H41Cl2N3O2. The van der Waals surface area contributed by atoms with Gasteiger partial charge in [-0.1, -0.05) is 29.3 Å². The van der Waals surface area contributed by atoms with Crippen molar-refractivity contribution in [1.82, 2.24) is 15.1 Å². The van der Waals surface area contributed by atoms with Crippen LogP contribution in [-0.4, -0.2) is 61.1 Å². The third kappa shape index (κ3) is 6.62. The second kappa shape index (κ2) is 12.4. The van der Waals surface area contributed by atoms with Crippen molar-refractivity contribution in [3.8, 4) is 5.75 Å². The van der Waals surface area contributed by atoms with E-state index >= 15 is 0 Å². The van der Waals surface area contributed by atoms with Crippen molar-refractivity contribution in [3.63, 3.8) is 0 Å². The molecule has 37 heavy (non-hydrogen) atoms. The standard InChI is InChI=1S/C30H41Cl2N3O2/c1-19-20(2)29(37-15-7-6-14-34(4)5)13-11-26(19)21(3)35-24-9-10-25(35)18-23(17-24)33-30(36)22-8-12-27(31)28(32)16-22/h8,11-13,16,21,23-25H,6-7,9-10,14-15,17-18H2,1-5H3,(H,33,36). The van der Waals surface area contributed by atoms with Gasteiger partial charge >= 0.3 is 0 Å². The van der Waals surface area contributed by atoms with E-state index in [9.17, 15) is 4.79 Å². The van der Waals surface area contributed by atoms with E-state index in [1.165, 1.54) is 29.5 Å². The Labute approximate surface area is 232 Å². The summed E-state index contributed by atoms with van der Waals surface area (Å²) in [5.41, 5.74) is 4.51. The molecule has 2 aliphatic rings. The highest BCUT2D eigenvalue weighted by Crippen LogP contribution is 2.43. The second-order valence-corrected chi connectivity index (χ2v) is 11.9. The number of hydrogen-bond acceptors (Lipinski definition) is 4. The van der Waals surface area contributed by atoms with Crippen molar-refractivity contribution in [1.29, 1.82) is 0 Å². The highest BCUT2D eigenvalue weighted by atomic mass is 35.5. The number of hydrogen-bond donors (Lipinski definition) is 1. The van der Waals surface area contributed by atoms with Crippen LogP contribution in [0.3, 0.4) is 0 Å². The van der Waals surface area contributed by atoms with Crippen LogP contribution < -0.4 is 10.1 Å². The number of fused-ring (bicyclic) bond motifs is 2. The van der Waals surface area contributed by atoms with Gasteiger partial charge in [-0.3, -0.25) is 9.69 Å². The average Bonchev–Trinajstić information content (AvgIpc) is 3.12. The first-order valence-electron chi connectivity index (χ1n) is 13.6. The summed E-state index contributed by atoms with van der Waals surface area (Å²) in [6.45, 7) is 8.60. The van der Waals surface area contributed by atoms with Crippen molar-refractivity contribution in [2.45, 2.75) is 83.5 Å². The number of piperidine rings is 1. The third-order valence-electron chi connectivity index (χ3n) is 8.24. The van der Waals surface area contributed by atoms with E-state index in [2.05, 4.69) is 62.1 Å². The molecule has 2 aromatic carbocycles. The monoisotopic (exact) mass is 545 g/mol. The number of halogens is 2. The summed E-state index contributed by atoms with van der Waals surface area (Å²) >= 11 is 12.1. The molecule has 1 amide bonds. The molecule has 2 fully saturated rings. The molecule has 0 radical (unpaired) electrons. The molecule has 0 spiro atoms. The van der Waals surface area contributed by atoms with Gasteiger partial charge < -0.3 is 15.0 Å². The normalized spacial score (nSPS) is 22.3. The van der Waals surface area contributed by atoms with Crippen molar-refractivity contribution < 1.29 is 9.53 Å². The summed E-state index contributed by atoms with van der Waals surface area (Å²) in [5, 5.41) is 4.13. The van der Waals surface area contributed by atoms with Crippen LogP contribution in [-0.2, 0) is 0 Å². The molecule has 1 N–H and O–H groups in total. The zero-order valence-corrected chi connectivity index (χ0v) is 24.3. The topological polar surface area (TPSA) is 44.8 Å². The number of nitrogens with one attached hydrogen (secondary N) is 1. The predicted octanol–water partition coefficient (Wildman–Crippen LogP) is 6.82. The number of rotatable bonds is 10. The molecule has 2 bridgehead atoms. The first-order valence-corrected chi connectivity index (χ1v) is 14.3. The number of benzene rings is 2. The Morgan fingerprint density at radius 1 is 1.05 bits per heavy atom. The van der Waals surface area contributed by atoms with E-state index in [4.69, 9.17) is 27.9 Å². The molecule has 2 saturated heterocycles. The Morgan fingerprint density at radius 3 is 2.41 bits per heavy atom. The van der Waals surface area contributed by atoms with Gasteiger partial charge in [0.15, 0.2) is 0 Å². The molecule has 202 valence electrons. The Hall–Kier alpha value is -1.79. The predicted molar refractivity (Wildman–Crippen MR) is 153 cm³/mol. The van der Waals surface area contributed by atoms with Gasteiger partial charge in [0.05, 0.1) is 16.7 Å². The quantitative estimate of drug-likeness (QED) is 0.333. The number of nitrogens with zero attached hydrogens (tertiary/aromatic N) is 2. The van der Waals surface area contributed by atoms with Crippen LogP contribution in [0.25, 0.3) is 0 Å². The highest BCUT2D eigenvalue weighted by molar-refractivity contribution is 6.42. The van der Waals surface area contributed by atoms with Crippen molar-refractivity contribution >= 4 is 29.1 Å². The van der Waals surface area contributed by atoms with Crippen LogP contribution in [0.4, 0.5) is 0 Å². The fourth-order valence-electron chi connectivity index (χ4n) is 6.17. The number of carbonyl (C=O) groups excluding carboxylic acids is 1. The van der Waals surface area contributed by atoms with Crippen LogP contribution in [0, 0.1) is 13.8 Å². The van der Waals surface area contributed by atoms with Crippen LogP contribution in [0.15, 0.2) is 30.3 Å². The molecule has 0 aromatic heterocycles. The molecule has 5 nitrogen and oxygen atoms in total. The molecule has 0 saturated carbocycles. The Morgan fingerprint density at radius 2 is 1.76 bits per heavy atom. The molecule has 2 heterocycles. The summed E-state index contributed by atoms with van der Waals surface area (Å²) in [4.78, 5) is 17.8. The van der Waals surface area contributed by atoms with Crippen molar-refractivity contribution in [2.75, 3.05) is 27.2 Å². The van der Waals surface area contributed by atoms with Gasteiger partial charge in [-0.2, -0.15) is 0 Å². The Kier molecular flexibility index (Phi) is 9.44. The summed E-state index contributed by atoms with van der Waals surface area (Å²) < 4.78 is 6.15. The lowest BCUT2D eigenvalue weighted by molar-refractivity contribution is 0.0689. The van der Waals surface area contributed by atoms with Gasteiger partial charge in [-0.25, -0.2) is 0 Å². The summed E-state index contributed by atoms with van der Waals surface area (Å²) in [6, 6.07) is 10.9. The number of carbonyl (C=O) groups is 1. The molecular weight excluding hydrogens is 505 g/mol. The van der Waals surface area contributed by atoms with Gasteiger partial charge in [-0.05, 0) is 121 Å². The summed E-state index contributed by atoms with van der Waals surface area (Å²) in [7, 11) is 4.22. The minimum Gasteiger partial charge on any atom is -0.493 e. The minimum absolute atomic E-state index is 0.0757. The van der Waals surface area contributed by atoms with Crippen LogP contribution in [0.2, 0.25) is 10.0 Å². The first kappa shape index (κ1) is 28.2. The van der Waals surface area contributed by atoms with Gasteiger partial charge in [0.25, 0.3) is 5.91 Å². The van der Waals surface area contributed by atoms with E-state index in [1.807, 2.05) is 0 Å². The van der Waals surface area contributed by atoms with Crippen LogP contribution >= 0.6 is 23.2 Å². The molecule has 3 atom stereocenters. The SMILES string of the molecule is Cc1c(OCCCCN(C)C)ccc(C(C)N2C3CCC2CC(NC(=O)c2ccc(Cl)c(Cl)c2)C3)c1C. The fraction of sp³-hybridized carbons (Fsp3) is 0.567. The molecule has 4 rings (SSSR count). The Balaban J connectivity index is 1.37. The van der Waals surface area contributed by atoms with Gasteiger partial charge in [0.2, 0.25) is 0 Å². The molecule has 2 aliphatic heterocycles. The molecule has 2 aromatic rings. The van der Waals surface area contributed by atoms with E-state index in [0.717, 1.165) is 44.6 Å². The van der Waals surface area contributed by atoms with Gasteiger partial charge in [0, 0.05) is 29.7 Å². The maximum Gasteiger partial charge on any atom is 0.251 e. The maximum absolute atomic E-state index is 12.9. The van der Waals surface area contributed by atoms with E-state index in [0.29, 0.717) is 33.7 Å². The smallest absolute Gasteiger partial charge is 0.251 e. The number of unbranched alkanes of at least 4 members (excludes halogenated alkanes) is 1. The largest absolute Gasteiger partial charge is 0.493 e. The average molecular weight is 547 g/mol. The zero-order chi connectivity index (χ0) is 26.7. The van der Waals surface area contributed by atoms with E-state index in [1.54, 1.807) is 18.2 Å². The lowest BCUT2D eigenvalue weighted by Crippen LogP contribution is -2.51. The fourth-order valence-corrected chi connectivity index (χ4v) is 6.47. The molecule has 7 heteroatoms. The maximum atomic E-state index is 12.9. The van der Waals surface area contributed by atoms with Crippen LogP contribution in [0.5, 0.6) is 5.75 Å². The van der Waals surface area contributed by atoms with E-state index < -0.39 is 0 Å². The van der Waals surface area contributed by atoms with Crippen LogP contribution in [0.1, 0.15) is 78.5 Å². The Bertz CT molecular complexity index is 1090. The summed E-state index contributed by atoms with van der Waals surface area (Å²) in [5.74, 6) is 0.929. The zero-order valence-electron chi connectivity index (χ0n) is 22.8. The van der Waals surface area contributed by atoms with Gasteiger partial charge in [0.1, 0.15) is 5.75 Å². The van der Waals surface area contributed by atoms with Gasteiger partial charge in [-0.15, -0.1) is 0 Å². The molecule has 3 unspecified atom stereocenters. The second-order valence-electron chi connectivity index (χ2n) is 11.0. The number of ether oxygens (including phenoxy) is 1. The third-order valence-corrected chi connectivity index (χ3v) is 8.98. The highest BCUT2D eigenvalue weighted by Gasteiger charge is 2.43. The minimum atomic E-state index is -0.0757. The first-order chi connectivity index (χ1) is 17.7. The van der Waals surface area contributed by atoms with Crippen molar-refractivity contribution in [3.05, 3.63) is 62.6 Å². The number of amides is 1. The molecule has 0 aliphatic carbocycles.